The van der Waals surface area contributed by atoms with Gasteiger partial charge < -0.3 is 96.8 Å². The highest BCUT2D eigenvalue weighted by Crippen LogP contribution is 2.62. The molecule has 0 aliphatic carbocycles. The second-order valence-corrected chi connectivity index (χ2v) is 33.1. The van der Waals surface area contributed by atoms with E-state index < -0.39 is 236 Å². The number of aliphatic hydroxyl groups is 8. The Bertz CT molecular complexity index is 6580. The van der Waals surface area contributed by atoms with Gasteiger partial charge in [0.15, 0.2) is 70.9 Å². The molecule has 20 atom stereocenters. The molecule has 12 N–H and O–H groups in total. The fraction of sp³-hybridized carbons (Fsp3) is 0.412. The number of fused-ring (bicyclic) bond motifs is 4. The summed E-state index contributed by atoms with van der Waals surface area (Å²) < 4.78 is 316. The Morgan fingerprint density at radius 1 is 0.383 bits per heavy atom. The Morgan fingerprint density at radius 3 is 0.938 bits per heavy atom. The molecule has 128 heavy (non-hydrogen) atoms. The van der Waals surface area contributed by atoms with E-state index in [1.165, 1.54) is 79.8 Å². The van der Waals surface area contributed by atoms with E-state index in [1.807, 2.05) is 0 Å². The van der Waals surface area contributed by atoms with Crippen LogP contribution >= 0.6 is 31.3 Å². The third-order valence-corrected chi connectivity index (χ3v) is 23.6. The molecule has 0 spiro atoms. The lowest BCUT2D eigenvalue weighted by atomic mass is 10.1. The number of H-pyrrole nitrogens is 4. The Morgan fingerprint density at radius 2 is 0.625 bits per heavy atom. The Balaban J connectivity index is 0.000000152. The Hall–Kier alpha value is -10.4. The van der Waals surface area contributed by atoms with Crippen LogP contribution in [0.15, 0.2) is 136 Å². The Labute approximate surface area is 712 Å². The van der Waals surface area contributed by atoms with Crippen LogP contribution < -0.4 is 82.0 Å². The summed E-state index contributed by atoms with van der Waals surface area (Å²) in [5, 5.41) is 81.6. The summed E-state index contributed by atoms with van der Waals surface area (Å²) in [5.74, 6) is -20.6. The number of ether oxygens (including phenoxy) is 8. The minimum absolute atomic E-state index is 0.0144. The van der Waals surface area contributed by atoms with Crippen LogP contribution in [0.1, 0.15) is 55.3 Å². The lowest BCUT2D eigenvalue weighted by Gasteiger charge is -2.28. The van der Waals surface area contributed by atoms with Gasteiger partial charge in [0.05, 0.1) is 87.9 Å². The number of nitrogens with zero attached hydrogens (tertiary/aromatic N) is 4. The second-order valence-electron chi connectivity index (χ2n) is 26.9. The zero-order valence-corrected chi connectivity index (χ0v) is 68.1. The number of phosphoric acid groups is 4. The minimum atomic E-state index is -4.99. The maximum Gasteiger partial charge on any atom is 0.530 e. The molecule has 8 aromatic rings. The molecule has 8 aliphatic heterocycles. The van der Waals surface area contributed by atoms with Crippen molar-refractivity contribution in [3.63, 3.8) is 0 Å². The van der Waals surface area contributed by atoms with E-state index in [9.17, 15) is 115 Å². The standard InChI is InChI=1S/4C17H17F2N2O10P/c4*1-27-10-4-2-3-8-6-28-32(26,31-12(8)10)29-7-17(19)13(23)11(22)15(30-17)21-5-9(18)14(24)20-16(21)25/h4*2-5,11,13,15,22-23H,6-7H2,1H3,(H,20,24,25)/t4*11-,13+,15-,17-,32?/m1111/s1/i7D2,15D;15D;7D2;. The predicted octanol–water partition coefficient (Wildman–Crippen LogP) is 1.34. The van der Waals surface area contributed by atoms with Gasteiger partial charge in [0, 0.05) is 22.3 Å². The van der Waals surface area contributed by atoms with Gasteiger partial charge in [-0.1, -0.05) is 48.5 Å². The van der Waals surface area contributed by atoms with Crippen molar-refractivity contribution in [3.8, 4) is 46.0 Å². The molecule has 8 aliphatic rings. The van der Waals surface area contributed by atoms with E-state index in [0.29, 0.717) is 33.0 Å². The third kappa shape index (κ3) is 19.1. The number of hydrogen-bond donors (Lipinski definition) is 12. The molecule has 4 aromatic carbocycles. The number of aromatic amines is 4. The van der Waals surface area contributed by atoms with E-state index in [2.05, 4.69) is 13.8 Å². The summed E-state index contributed by atoms with van der Waals surface area (Å²) in [6, 6.07) is 18.5. The first kappa shape index (κ1) is 86.9. The van der Waals surface area contributed by atoms with Crippen molar-refractivity contribution in [3.05, 3.63) is 226 Å². The van der Waals surface area contributed by atoms with Crippen LogP contribution in [0.25, 0.3) is 0 Å². The molecule has 4 unspecified atom stereocenters. The fourth-order valence-corrected chi connectivity index (χ4v) is 16.9. The Kier molecular flexibility index (Phi) is 25.0. The summed E-state index contributed by atoms with van der Waals surface area (Å²) in [7, 11) is -13.6. The van der Waals surface area contributed by atoms with Crippen LogP contribution in [0.3, 0.4) is 0 Å². The van der Waals surface area contributed by atoms with Gasteiger partial charge in [0.25, 0.3) is 45.7 Å². The van der Waals surface area contributed by atoms with Gasteiger partial charge in [-0.15, -0.1) is 0 Å². The summed E-state index contributed by atoms with van der Waals surface area (Å²) >= 11 is 0. The number of methoxy groups -OCH3 is 4. The average molecular weight is 1920 g/mol. The zero-order chi connectivity index (χ0) is 98.5. The molecule has 4 aromatic heterocycles. The largest absolute Gasteiger partial charge is 0.530 e. The van der Waals surface area contributed by atoms with E-state index in [-0.39, 0.29) is 91.5 Å². The SMILES string of the molecule is COc1cccc2c1OP(=O)(OC[C@@]1(F)O[C@@H](n3cc(F)c(=O)[nH]c3=O)[C@H](O)[C@@H]1O)OC2.[2H]C([2H])(OP1(=O)OCc2cccc(OC)c2O1)[C@@]1(F)O[C@@H](n2cc(F)c(=O)[nH]c2=O)[C@H](O)[C@@H]1O.[2H]C([2H])(OP1(=O)OCc2cccc(OC)c2O1)[C@@]1(F)O[C@@]([2H])(n2cc(F)c(=O)[nH]c2=O)[C@H](O)[C@@H]1O.[2H][C@@]1(n2cc(F)c(=O)[nH]c2=O)O[C@](F)(COP2(=O)OCc3cccc(OC)c3O2)[C@@H](O)[C@H]1O. The first-order valence-corrected chi connectivity index (χ1v) is 41.5. The smallest absolute Gasteiger partial charge is 0.493 e. The van der Waals surface area contributed by atoms with Gasteiger partial charge >= 0.3 is 54.0 Å². The van der Waals surface area contributed by atoms with Crippen LogP contribution in [0.5, 0.6) is 46.0 Å². The highest BCUT2D eigenvalue weighted by molar-refractivity contribution is 7.49. The number of aromatic nitrogens is 8. The first-order valence-electron chi connectivity index (χ1n) is 38.6. The van der Waals surface area contributed by atoms with Crippen LogP contribution in [0.2, 0.25) is 0 Å². The number of benzene rings is 4. The molecule has 0 amide bonds. The lowest BCUT2D eigenvalue weighted by molar-refractivity contribution is -0.205. The summed E-state index contributed by atoms with van der Waals surface area (Å²) in [6.45, 7) is -11.8. The van der Waals surface area contributed by atoms with Crippen molar-refractivity contribution >= 4 is 31.3 Å². The molecule has 16 rings (SSSR count). The van der Waals surface area contributed by atoms with Gasteiger partial charge in [-0.2, -0.15) is 17.6 Å². The normalized spacial score (nSPS) is 33.8. The molecular formula is C68H68F8N8O40P4. The van der Waals surface area contributed by atoms with Gasteiger partial charge in [-0.3, -0.25) is 93.6 Å². The maximum absolute atomic E-state index is 15.8. The van der Waals surface area contributed by atoms with Gasteiger partial charge in [-0.25, -0.2) is 55.0 Å². The highest BCUT2D eigenvalue weighted by atomic mass is 31.2. The van der Waals surface area contributed by atoms with Gasteiger partial charge in [-0.05, 0) is 24.3 Å². The zero-order valence-electron chi connectivity index (χ0n) is 70.5. The first-order chi connectivity index (χ1) is 62.5. The molecule has 60 heteroatoms. The van der Waals surface area contributed by atoms with Crippen molar-refractivity contribution in [1.29, 1.82) is 0 Å². The molecule has 4 saturated heterocycles. The monoisotopic (exact) mass is 1920 g/mol. The number of aliphatic hydroxyl groups excluding tert-OH is 8. The van der Waals surface area contributed by atoms with E-state index in [0.717, 1.165) is 0 Å². The van der Waals surface area contributed by atoms with Crippen LogP contribution in [-0.2, 0) is 99.8 Å². The number of phosphoric ester groups is 4. The summed E-state index contributed by atoms with van der Waals surface area (Å²) in [5.41, 5.74) is -9.63. The van der Waals surface area contributed by atoms with Crippen LogP contribution in [0, 0.1) is 23.3 Å². The lowest BCUT2D eigenvalue weighted by Crippen LogP contribution is -2.43. The molecular weight excluding hydrogens is 1840 g/mol. The van der Waals surface area contributed by atoms with Gasteiger partial charge in [0.2, 0.25) is 23.3 Å². The van der Waals surface area contributed by atoms with Crippen molar-refractivity contribution in [2.45, 2.75) is 124 Å². The van der Waals surface area contributed by atoms with Crippen molar-refractivity contribution in [2.75, 3.05) is 54.8 Å². The molecule has 48 nitrogen and oxygen atoms in total. The number of hydrogen-bond acceptors (Lipinski definition) is 40. The van der Waals surface area contributed by atoms with Crippen molar-refractivity contribution < 1.29 is 195 Å². The van der Waals surface area contributed by atoms with Crippen molar-refractivity contribution in [1.82, 2.24) is 38.2 Å². The van der Waals surface area contributed by atoms with E-state index in [4.69, 9.17) is 86.6 Å². The molecule has 12 heterocycles. The second kappa shape index (κ2) is 36.8. The quantitative estimate of drug-likeness (QED) is 0.0378. The molecule has 696 valence electrons. The van der Waals surface area contributed by atoms with Crippen molar-refractivity contribution in [2.24, 2.45) is 0 Å². The molecule has 0 bridgehead atoms. The minimum Gasteiger partial charge on any atom is -0.493 e. The number of halogens is 8. The van der Waals surface area contributed by atoms with E-state index in [1.54, 1.807) is 41.4 Å². The van der Waals surface area contributed by atoms with Crippen LogP contribution in [-0.4, -0.2) is 206 Å². The van der Waals surface area contributed by atoms with Crippen LogP contribution in [0.4, 0.5) is 35.1 Å². The number of para-hydroxylation sites is 4. The fourth-order valence-electron chi connectivity index (χ4n) is 12.2. The summed E-state index contributed by atoms with van der Waals surface area (Å²) in [6.07, 6.45) is -30.0. The third-order valence-electron chi connectivity index (χ3n) is 18.7. The molecule has 4 fully saturated rings. The number of rotatable bonds is 20. The topological polar surface area (TPSA) is 634 Å². The predicted molar refractivity (Wildman–Crippen MR) is 397 cm³/mol. The maximum atomic E-state index is 15.8. The van der Waals surface area contributed by atoms with E-state index >= 15 is 17.6 Å². The number of nitrogens with one attached hydrogen (secondary N) is 4. The average Bonchev–Trinajstić information content (AvgIpc) is 1.55. The molecule has 0 saturated carbocycles. The highest BCUT2D eigenvalue weighted by Gasteiger charge is 2.62. The summed E-state index contributed by atoms with van der Waals surface area (Å²) in [4.78, 5) is 98.8. The number of alkyl halides is 4. The van der Waals surface area contributed by atoms with Gasteiger partial charge in [0.1, 0.15) is 75.2 Å². The molecule has 0 radical (unpaired) electrons.